The van der Waals surface area contributed by atoms with Crippen LogP contribution in [-0.4, -0.2) is 42.1 Å². The Morgan fingerprint density at radius 1 is 0.889 bits per heavy atom. The number of unbranched alkanes of at least 4 members (excludes halogenated alkanes) is 6. The molecule has 1 fully saturated rings. The molecule has 0 N–H and O–H groups in total. The van der Waals surface area contributed by atoms with E-state index >= 15 is 0 Å². The second kappa shape index (κ2) is 10.2. The van der Waals surface area contributed by atoms with Crippen molar-refractivity contribution in [3.8, 4) is 0 Å². The number of hydrogen-bond acceptors (Lipinski definition) is 2. The molecule has 1 rings (SSSR count). The van der Waals surface area contributed by atoms with Crippen molar-refractivity contribution in [1.82, 2.24) is 4.90 Å². The van der Waals surface area contributed by atoms with Gasteiger partial charge in [0.25, 0.3) is 0 Å². The van der Waals surface area contributed by atoms with Crippen LogP contribution in [0, 0.1) is 0 Å². The van der Waals surface area contributed by atoms with Crippen molar-refractivity contribution in [2.24, 2.45) is 0 Å². The van der Waals surface area contributed by atoms with Crippen LogP contribution >= 0.6 is 15.9 Å². The van der Waals surface area contributed by atoms with E-state index in [2.05, 4.69) is 34.7 Å². The third kappa shape index (κ3) is 7.75. The van der Waals surface area contributed by atoms with Gasteiger partial charge in [0.05, 0.1) is 12.2 Å². The lowest BCUT2D eigenvalue weighted by Crippen LogP contribution is -2.45. The molecule has 0 aromatic rings. The molecule has 0 radical (unpaired) electrons. The monoisotopic (exact) mass is 319 g/mol. The average Bonchev–Trinajstić information content (AvgIpc) is 2.31. The van der Waals surface area contributed by atoms with Crippen molar-refractivity contribution < 1.29 is 4.74 Å². The molecular weight excluding hydrogens is 290 g/mol. The largest absolute Gasteiger partial charge is 0.373 e. The van der Waals surface area contributed by atoms with E-state index in [1.807, 2.05) is 0 Å². The Morgan fingerprint density at radius 3 is 1.94 bits per heavy atom. The van der Waals surface area contributed by atoms with E-state index < -0.39 is 0 Å². The summed E-state index contributed by atoms with van der Waals surface area (Å²) in [5, 5.41) is 1.17. The van der Waals surface area contributed by atoms with Crippen LogP contribution in [0.25, 0.3) is 0 Å². The van der Waals surface area contributed by atoms with E-state index in [0.29, 0.717) is 12.2 Å². The number of ether oxygens (including phenoxy) is 1. The lowest BCUT2D eigenvalue weighted by atomic mass is 10.1. The van der Waals surface area contributed by atoms with Gasteiger partial charge in [0, 0.05) is 18.4 Å². The highest BCUT2D eigenvalue weighted by atomic mass is 79.9. The van der Waals surface area contributed by atoms with E-state index in [1.54, 1.807) is 0 Å². The summed E-state index contributed by atoms with van der Waals surface area (Å²) in [6, 6.07) is 0. The lowest BCUT2D eigenvalue weighted by Gasteiger charge is -2.35. The smallest absolute Gasteiger partial charge is 0.0678 e. The van der Waals surface area contributed by atoms with Gasteiger partial charge in [-0.25, -0.2) is 0 Å². The van der Waals surface area contributed by atoms with Crippen molar-refractivity contribution in [2.75, 3.05) is 25.0 Å². The van der Waals surface area contributed by atoms with E-state index in [9.17, 15) is 0 Å². The molecular formula is C15H30BrNO. The summed E-state index contributed by atoms with van der Waals surface area (Å²) in [6.45, 7) is 7.88. The third-order valence-electron chi connectivity index (χ3n) is 3.60. The quantitative estimate of drug-likeness (QED) is 0.466. The second-order valence-corrected chi connectivity index (χ2v) is 6.47. The predicted octanol–water partition coefficient (Wildman–Crippen LogP) is 4.22. The molecule has 3 heteroatoms. The fourth-order valence-electron chi connectivity index (χ4n) is 2.78. The highest BCUT2D eigenvalue weighted by Gasteiger charge is 2.21. The Morgan fingerprint density at radius 2 is 1.39 bits per heavy atom. The van der Waals surface area contributed by atoms with Gasteiger partial charge in [-0.1, -0.05) is 48.0 Å². The highest BCUT2D eigenvalue weighted by Crippen LogP contribution is 2.13. The topological polar surface area (TPSA) is 12.5 Å². The molecule has 0 amide bonds. The Bertz CT molecular complexity index is 191. The zero-order valence-electron chi connectivity index (χ0n) is 12.2. The van der Waals surface area contributed by atoms with Gasteiger partial charge in [0.15, 0.2) is 0 Å². The van der Waals surface area contributed by atoms with Crippen LogP contribution in [0.3, 0.4) is 0 Å². The summed E-state index contributed by atoms with van der Waals surface area (Å²) in [7, 11) is 0. The highest BCUT2D eigenvalue weighted by molar-refractivity contribution is 9.09. The van der Waals surface area contributed by atoms with Crippen LogP contribution in [0.5, 0.6) is 0 Å². The Hall–Kier alpha value is 0.400. The number of hydrogen-bond donors (Lipinski definition) is 0. The molecule has 0 unspecified atom stereocenters. The third-order valence-corrected chi connectivity index (χ3v) is 4.16. The molecule has 0 aliphatic carbocycles. The Kier molecular flexibility index (Phi) is 9.34. The standard InChI is InChI=1S/C15H30BrNO/c1-14-12-17(13-15(2)18-14)11-9-7-5-3-4-6-8-10-16/h14-15H,3-13H2,1-2H3/t14-,15+. The van der Waals surface area contributed by atoms with Gasteiger partial charge in [-0.2, -0.15) is 0 Å². The zero-order valence-corrected chi connectivity index (χ0v) is 13.8. The molecule has 2 atom stereocenters. The molecule has 1 heterocycles. The lowest BCUT2D eigenvalue weighted by molar-refractivity contribution is -0.0681. The molecule has 0 aromatic carbocycles. The van der Waals surface area contributed by atoms with Gasteiger partial charge >= 0.3 is 0 Å². The van der Waals surface area contributed by atoms with Gasteiger partial charge in [0.2, 0.25) is 0 Å². The molecule has 0 saturated carbocycles. The molecule has 1 aliphatic rings. The number of alkyl halides is 1. The summed E-state index contributed by atoms with van der Waals surface area (Å²) in [5.74, 6) is 0. The first kappa shape index (κ1) is 16.5. The van der Waals surface area contributed by atoms with Gasteiger partial charge < -0.3 is 4.74 Å². The number of nitrogens with zero attached hydrogens (tertiary/aromatic N) is 1. The van der Waals surface area contributed by atoms with Crippen LogP contribution in [-0.2, 0) is 4.74 Å². The minimum atomic E-state index is 0.415. The zero-order chi connectivity index (χ0) is 13.2. The van der Waals surface area contributed by atoms with Crippen LogP contribution in [0.4, 0.5) is 0 Å². The maximum atomic E-state index is 5.75. The number of morpholine rings is 1. The summed E-state index contributed by atoms with van der Waals surface area (Å²) in [5.41, 5.74) is 0. The van der Waals surface area contributed by atoms with E-state index in [4.69, 9.17) is 4.74 Å². The van der Waals surface area contributed by atoms with Gasteiger partial charge in [-0.3, -0.25) is 4.90 Å². The summed E-state index contributed by atoms with van der Waals surface area (Å²) in [4.78, 5) is 2.57. The molecule has 0 bridgehead atoms. The molecule has 18 heavy (non-hydrogen) atoms. The molecule has 108 valence electrons. The molecule has 1 saturated heterocycles. The fraction of sp³-hybridized carbons (Fsp3) is 1.00. The van der Waals surface area contributed by atoms with Crippen molar-refractivity contribution in [3.63, 3.8) is 0 Å². The van der Waals surface area contributed by atoms with E-state index in [-0.39, 0.29) is 0 Å². The van der Waals surface area contributed by atoms with Crippen molar-refractivity contribution in [1.29, 1.82) is 0 Å². The normalized spacial score (nSPS) is 25.5. The summed E-state index contributed by atoms with van der Waals surface area (Å²) >= 11 is 3.48. The maximum Gasteiger partial charge on any atom is 0.0678 e. The summed E-state index contributed by atoms with van der Waals surface area (Å²) < 4.78 is 5.75. The van der Waals surface area contributed by atoms with Gasteiger partial charge in [-0.05, 0) is 33.2 Å². The fourth-order valence-corrected chi connectivity index (χ4v) is 3.18. The molecule has 0 aromatic heterocycles. The van der Waals surface area contributed by atoms with Crippen LogP contribution in [0.15, 0.2) is 0 Å². The van der Waals surface area contributed by atoms with Crippen LogP contribution < -0.4 is 0 Å². The average molecular weight is 320 g/mol. The van der Waals surface area contributed by atoms with Gasteiger partial charge in [-0.15, -0.1) is 0 Å². The maximum absolute atomic E-state index is 5.75. The number of halogens is 1. The van der Waals surface area contributed by atoms with Gasteiger partial charge in [0.1, 0.15) is 0 Å². The predicted molar refractivity (Wildman–Crippen MR) is 82.6 cm³/mol. The van der Waals surface area contributed by atoms with E-state index in [1.165, 1.54) is 56.8 Å². The van der Waals surface area contributed by atoms with E-state index in [0.717, 1.165) is 13.1 Å². The van der Waals surface area contributed by atoms with Crippen LogP contribution in [0.1, 0.15) is 58.8 Å². The molecule has 0 spiro atoms. The minimum Gasteiger partial charge on any atom is -0.373 e. The first-order valence-electron chi connectivity index (χ1n) is 7.66. The van der Waals surface area contributed by atoms with Crippen molar-refractivity contribution >= 4 is 15.9 Å². The summed E-state index contributed by atoms with van der Waals surface area (Å²) in [6.07, 6.45) is 10.6. The SMILES string of the molecule is C[C@@H]1CN(CCCCCCCCCBr)C[C@H](C)O1. The van der Waals surface area contributed by atoms with Crippen LogP contribution in [0.2, 0.25) is 0 Å². The minimum absolute atomic E-state index is 0.415. The van der Waals surface area contributed by atoms with Crippen molar-refractivity contribution in [2.45, 2.75) is 71.0 Å². The Balaban J connectivity index is 1.91. The van der Waals surface area contributed by atoms with Crippen molar-refractivity contribution in [3.05, 3.63) is 0 Å². The molecule has 1 aliphatic heterocycles. The first-order chi connectivity index (χ1) is 8.72. The Labute approximate surface area is 122 Å². The first-order valence-corrected chi connectivity index (χ1v) is 8.78. The number of rotatable bonds is 9. The second-order valence-electron chi connectivity index (χ2n) is 5.68. The molecule has 2 nitrogen and oxygen atoms in total.